The molecule has 0 spiro atoms. The highest BCUT2D eigenvalue weighted by atomic mass is 19.1. The fraction of sp³-hybridized carbons (Fsp3) is 0.533. The van der Waals surface area contributed by atoms with Gasteiger partial charge in [-0.15, -0.1) is 0 Å². The SMILES string of the molecule is CC(C)NCc1cccc(F)c1OC1CCN(C)C1=O. The minimum atomic E-state index is -0.574. The molecule has 1 aliphatic rings. The molecule has 20 heavy (non-hydrogen) atoms. The van der Waals surface area contributed by atoms with E-state index < -0.39 is 11.9 Å². The Bertz CT molecular complexity index is 491. The number of likely N-dealkylation sites (tertiary alicyclic amines) is 1. The lowest BCUT2D eigenvalue weighted by molar-refractivity contribution is -0.132. The summed E-state index contributed by atoms with van der Waals surface area (Å²) in [4.78, 5) is 13.5. The third-order valence-corrected chi connectivity index (χ3v) is 3.39. The summed E-state index contributed by atoms with van der Waals surface area (Å²) in [5.74, 6) is -0.319. The van der Waals surface area contributed by atoms with Gasteiger partial charge in [0.05, 0.1) is 0 Å². The summed E-state index contributed by atoms with van der Waals surface area (Å²) in [6.07, 6.45) is 0.0236. The molecule has 0 radical (unpaired) electrons. The maximum atomic E-state index is 14.0. The summed E-state index contributed by atoms with van der Waals surface area (Å²) in [7, 11) is 1.73. The van der Waals surface area contributed by atoms with E-state index in [1.807, 2.05) is 19.9 Å². The molecule has 1 saturated heterocycles. The molecule has 1 atom stereocenters. The third kappa shape index (κ3) is 3.28. The number of amides is 1. The van der Waals surface area contributed by atoms with Crippen molar-refractivity contribution >= 4 is 5.91 Å². The number of likely N-dealkylation sites (N-methyl/N-ethyl adjacent to an activating group) is 1. The van der Waals surface area contributed by atoms with Crippen LogP contribution in [-0.4, -0.2) is 36.5 Å². The van der Waals surface area contributed by atoms with Crippen LogP contribution in [0.25, 0.3) is 0 Å². The molecule has 1 heterocycles. The van der Waals surface area contributed by atoms with Crippen LogP contribution in [0.1, 0.15) is 25.8 Å². The summed E-state index contributed by atoms with van der Waals surface area (Å²) in [6, 6.07) is 5.13. The van der Waals surface area contributed by atoms with Crippen LogP contribution >= 0.6 is 0 Å². The fourth-order valence-electron chi connectivity index (χ4n) is 2.18. The molecule has 0 bridgehead atoms. The second-order valence-electron chi connectivity index (χ2n) is 5.42. The van der Waals surface area contributed by atoms with Gasteiger partial charge in [0, 0.05) is 38.2 Å². The zero-order valence-electron chi connectivity index (χ0n) is 12.1. The summed E-state index contributed by atoms with van der Waals surface area (Å²) in [5, 5.41) is 3.23. The Morgan fingerprint density at radius 1 is 1.50 bits per heavy atom. The average molecular weight is 280 g/mol. The van der Waals surface area contributed by atoms with Gasteiger partial charge in [-0.05, 0) is 6.07 Å². The van der Waals surface area contributed by atoms with E-state index in [0.717, 1.165) is 5.56 Å². The van der Waals surface area contributed by atoms with E-state index in [4.69, 9.17) is 4.74 Å². The van der Waals surface area contributed by atoms with E-state index in [2.05, 4.69) is 5.32 Å². The number of hydrogen-bond acceptors (Lipinski definition) is 3. The predicted molar refractivity (Wildman–Crippen MR) is 75.0 cm³/mol. The molecule has 1 unspecified atom stereocenters. The van der Waals surface area contributed by atoms with Crippen LogP contribution in [0.15, 0.2) is 18.2 Å². The maximum absolute atomic E-state index is 14.0. The fourth-order valence-corrected chi connectivity index (χ4v) is 2.18. The van der Waals surface area contributed by atoms with Crippen LogP contribution in [0.2, 0.25) is 0 Å². The zero-order chi connectivity index (χ0) is 14.7. The first-order valence-electron chi connectivity index (χ1n) is 6.91. The molecule has 0 saturated carbocycles. The Morgan fingerprint density at radius 3 is 2.85 bits per heavy atom. The van der Waals surface area contributed by atoms with Crippen molar-refractivity contribution in [2.24, 2.45) is 0 Å². The molecule has 110 valence electrons. The molecule has 1 amide bonds. The molecule has 2 rings (SSSR count). The van der Waals surface area contributed by atoms with E-state index in [-0.39, 0.29) is 11.7 Å². The smallest absolute Gasteiger partial charge is 0.263 e. The lowest BCUT2D eigenvalue weighted by Crippen LogP contribution is -2.30. The highest BCUT2D eigenvalue weighted by Gasteiger charge is 2.32. The maximum Gasteiger partial charge on any atom is 0.263 e. The molecule has 4 nitrogen and oxygen atoms in total. The third-order valence-electron chi connectivity index (χ3n) is 3.39. The second-order valence-corrected chi connectivity index (χ2v) is 5.42. The molecule has 0 aliphatic carbocycles. The van der Waals surface area contributed by atoms with Gasteiger partial charge >= 0.3 is 0 Å². The van der Waals surface area contributed by atoms with Crippen molar-refractivity contribution in [1.29, 1.82) is 0 Å². The van der Waals surface area contributed by atoms with Gasteiger partial charge in [0.25, 0.3) is 5.91 Å². The minimum absolute atomic E-state index is 0.0870. The quantitative estimate of drug-likeness (QED) is 0.896. The highest BCUT2D eigenvalue weighted by molar-refractivity contribution is 5.83. The molecule has 1 aromatic carbocycles. The Balaban J connectivity index is 2.15. The molecule has 1 aromatic rings. The number of halogens is 1. The number of benzene rings is 1. The van der Waals surface area contributed by atoms with Gasteiger partial charge in [-0.2, -0.15) is 0 Å². The normalized spacial score (nSPS) is 18.9. The summed E-state index contributed by atoms with van der Waals surface area (Å²) in [6.45, 7) is 5.21. The molecule has 5 heteroatoms. The molecule has 1 aliphatic heterocycles. The first-order valence-corrected chi connectivity index (χ1v) is 6.91. The van der Waals surface area contributed by atoms with Gasteiger partial charge in [0.15, 0.2) is 17.7 Å². The zero-order valence-corrected chi connectivity index (χ0v) is 12.1. The minimum Gasteiger partial charge on any atom is -0.477 e. The number of ether oxygens (including phenoxy) is 1. The molecule has 0 aromatic heterocycles. The summed E-state index contributed by atoms with van der Waals surface area (Å²) < 4.78 is 19.6. The number of nitrogens with zero attached hydrogens (tertiary/aromatic N) is 1. The van der Waals surface area contributed by atoms with Crippen LogP contribution in [-0.2, 0) is 11.3 Å². The molecular weight excluding hydrogens is 259 g/mol. The number of hydrogen-bond donors (Lipinski definition) is 1. The average Bonchev–Trinajstić information content (AvgIpc) is 2.71. The van der Waals surface area contributed by atoms with E-state index >= 15 is 0 Å². The van der Waals surface area contributed by atoms with E-state index in [0.29, 0.717) is 25.6 Å². The largest absolute Gasteiger partial charge is 0.477 e. The number of para-hydroxylation sites is 1. The van der Waals surface area contributed by atoms with E-state index in [1.165, 1.54) is 6.07 Å². The van der Waals surface area contributed by atoms with Gasteiger partial charge in [-0.3, -0.25) is 4.79 Å². The van der Waals surface area contributed by atoms with Gasteiger partial charge in [0.1, 0.15) is 0 Å². The number of rotatable bonds is 5. The Kier molecular flexibility index (Phi) is 4.60. The van der Waals surface area contributed by atoms with Crippen LogP contribution in [0.5, 0.6) is 5.75 Å². The van der Waals surface area contributed by atoms with Crippen LogP contribution in [0, 0.1) is 5.82 Å². The monoisotopic (exact) mass is 280 g/mol. The van der Waals surface area contributed by atoms with Crippen molar-refractivity contribution in [3.8, 4) is 5.75 Å². The molecule has 1 fully saturated rings. The van der Waals surface area contributed by atoms with Crippen molar-refractivity contribution < 1.29 is 13.9 Å². The molecule has 1 N–H and O–H groups in total. The van der Waals surface area contributed by atoms with Gasteiger partial charge in [0.2, 0.25) is 0 Å². The number of carbonyl (C=O) groups is 1. The summed E-state index contributed by atoms with van der Waals surface area (Å²) >= 11 is 0. The lowest BCUT2D eigenvalue weighted by atomic mass is 10.1. The van der Waals surface area contributed by atoms with Crippen molar-refractivity contribution in [2.45, 2.75) is 39.0 Å². The summed E-state index contributed by atoms with van der Waals surface area (Å²) in [5.41, 5.74) is 0.737. The topological polar surface area (TPSA) is 41.6 Å². The van der Waals surface area contributed by atoms with Gasteiger partial charge < -0.3 is 15.0 Å². The van der Waals surface area contributed by atoms with Crippen molar-refractivity contribution in [2.75, 3.05) is 13.6 Å². The number of nitrogens with one attached hydrogen (secondary N) is 1. The van der Waals surface area contributed by atoms with Crippen LogP contribution < -0.4 is 10.1 Å². The Labute approximate surface area is 118 Å². The highest BCUT2D eigenvalue weighted by Crippen LogP contribution is 2.26. The first kappa shape index (κ1) is 14.8. The van der Waals surface area contributed by atoms with Crippen molar-refractivity contribution in [1.82, 2.24) is 10.2 Å². The lowest BCUT2D eigenvalue weighted by Gasteiger charge is -2.17. The Hall–Kier alpha value is -1.62. The molecular formula is C15H21FN2O2. The Morgan fingerprint density at radius 2 is 2.25 bits per heavy atom. The predicted octanol–water partition coefficient (Wildman–Crippen LogP) is 1.93. The van der Waals surface area contributed by atoms with Gasteiger partial charge in [-0.25, -0.2) is 4.39 Å². The van der Waals surface area contributed by atoms with Crippen LogP contribution in [0.4, 0.5) is 4.39 Å². The standard InChI is InChI=1S/C15H21FN2O2/c1-10(2)17-9-11-5-4-6-12(16)14(11)20-13-7-8-18(3)15(13)19/h4-6,10,13,17H,7-9H2,1-3H3. The van der Waals surface area contributed by atoms with Gasteiger partial charge in [-0.1, -0.05) is 26.0 Å². The van der Waals surface area contributed by atoms with Crippen molar-refractivity contribution in [3.05, 3.63) is 29.6 Å². The van der Waals surface area contributed by atoms with Crippen molar-refractivity contribution in [3.63, 3.8) is 0 Å². The van der Waals surface area contributed by atoms with E-state index in [9.17, 15) is 9.18 Å². The van der Waals surface area contributed by atoms with E-state index in [1.54, 1.807) is 18.0 Å². The van der Waals surface area contributed by atoms with Crippen LogP contribution in [0.3, 0.4) is 0 Å². The second kappa shape index (κ2) is 6.22. The number of carbonyl (C=O) groups excluding carboxylic acids is 1. The first-order chi connectivity index (χ1) is 9.49.